The SMILES string of the molecule is C/C=C(\C=C/c1ccccc1C)C(/C)=C/C=C(\C)Br. The molecule has 0 fully saturated rings. The van der Waals surface area contributed by atoms with Gasteiger partial charge in [-0.1, -0.05) is 70.6 Å². The summed E-state index contributed by atoms with van der Waals surface area (Å²) < 4.78 is 1.13. The summed E-state index contributed by atoms with van der Waals surface area (Å²) in [4.78, 5) is 0. The zero-order valence-corrected chi connectivity index (χ0v) is 13.7. The molecule has 1 aromatic carbocycles. The first kappa shape index (κ1) is 15.7. The van der Waals surface area contributed by atoms with Crippen molar-refractivity contribution in [3.05, 3.63) is 75.3 Å². The van der Waals surface area contributed by atoms with Gasteiger partial charge in [0.25, 0.3) is 0 Å². The molecule has 1 heteroatoms. The van der Waals surface area contributed by atoms with Gasteiger partial charge in [-0.3, -0.25) is 0 Å². The van der Waals surface area contributed by atoms with Crippen LogP contribution in [0.15, 0.2) is 64.2 Å². The van der Waals surface area contributed by atoms with E-state index in [9.17, 15) is 0 Å². The van der Waals surface area contributed by atoms with Gasteiger partial charge in [0, 0.05) is 0 Å². The molecule has 1 aromatic rings. The Morgan fingerprint density at radius 3 is 2.37 bits per heavy atom. The second-order valence-corrected chi connectivity index (χ2v) is 5.79. The van der Waals surface area contributed by atoms with Crippen LogP contribution in [-0.4, -0.2) is 0 Å². The fraction of sp³-hybridized carbons (Fsp3) is 0.222. The van der Waals surface area contributed by atoms with E-state index in [1.165, 1.54) is 22.3 Å². The second kappa shape index (κ2) is 7.96. The third-order valence-electron chi connectivity index (χ3n) is 2.96. The monoisotopic (exact) mass is 316 g/mol. The molecule has 19 heavy (non-hydrogen) atoms. The lowest BCUT2D eigenvalue weighted by molar-refractivity contribution is 1.40. The molecule has 0 saturated carbocycles. The number of rotatable bonds is 4. The lowest BCUT2D eigenvalue weighted by atomic mass is 10.0. The molecule has 0 spiro atoms. The molecule has 0 aliphatic heterocycles. The van der Waals surface area contributed by atoms with Crippen molar-refractivity contribution in [1.29, 1.82) is 0 Å². The third-order valence-corrected chi connectivity index (χ3v) is 3.22. The largest absolute Gasteiger partial charge is 0.0801 e. The van der Waals surface area contributed by atoms with Crippen LogP contribution >= 0.6 is 15.9 Å². The first-order valence-corrected chi connectivity index (χ1v) is 7.25. The van der Waals surface area contributed by atoms with Crippen molar-refractivity contribution in [2.45, 2.75) is 27.7 Å². The Balaban J connectivity index is 2.93. The maximum atomic E-state index is 3.44. The van der Waals surface area contributed by atoms with Crippen LogP contribution in [0.3, 0.4) is 0 Å². The van der Waals surface area contributed by atoms with Crippen LogP contribution in [0, 0.1) is 6.92 Å². The average molecular weight is 317 g/mol. The summed E-state index contributed by atoms with van der Waals surface area (Å²) in [6.45, 7) is 8.36. The fourth-order valence-electron chi connectivity index (χ4n) is 1.74. The van der Waals surface area contributed by atoms with E-state index in [1.807, 2.05) is 6.92 Å². The molecule has 0 nitrogen and oxygen atoms in total. The van der Waals surface area contributed by atoms with E-state index in [2.05, 4.69) is 91.3 Å². The zero-order valence-electron chi connectivity index (χ0n) is 12.1. The first-order chi connectivity index (χ1) is 9.04. The molecular weight excluding hydrogens is 296 g/mol. The topological polar surface area (TPSA) is 0 Å². The normalized spacial score (nSPS) is 14.3. The Morgan fingerprint density at radius 1 is 1.11 bits per heavy atom. The molecule has 0 aliphatic carbocycles. The molecule has 0 radical (unpaired) electrons. The van der Waals surface area contributed by atoms with Gasteiger partial charge in [0.05, 0.1) is 0 Å². The Kier molecular flexibility index (Phi) is 6.58. The van der Waals surface area contributed by atoms with Gasteiger partial charge in [-0.25, -0.2) is 0 Å². The second-order valence-electron chi connectivity index (χ2n) is 4.54. The van der Waals surface area contributed by atoms with Crippen LogP contribution in [0.25, 0.3) is 6.08 Å². The Bertz CT molecular complexity index is 539. The van der Waals surface area contributed by atoms with E-state index in [0.29, 0.717) is 0 Å². The molecule has 0 unspecified atom stereocenters. The molecule has 0 N–H and O–H groups in total. The van der Waals surface area contributed by atoms with Gasteiger partial charge in [0.15, 0.2) is 0 Å². The predicted molar refractivity (Wildman–Crippen MR) is 90.4 cm³/mol. The van der Waals surface area contributed by atoms with Crippen molar-refractivity contribution in [2.75, 3.05) is 0 Å². The van der Waals surface area contributed by atoms with Crippen LogP contribution < -0.4 is 0 Å². The van der Waals surface area contributed by atoms with Crippen LogP contribution in [0.5, 0.6) is 0 Å². The lowest BCUT2D eigenvalue weighted by Gasteiger charge is -2.03. The van der Waals surface area contributed by atoms with E-state index >= 15 is 0 Å². The van der Waals surface area contributed by atoms with Gasteiger partial charge in [0.1, 0.15) is 0 Å². The molecule has 0 heterocycles. The summed E-state index contributed by atoms with van der Waals surface area (Å²) in [5.41, 5.74) is 5.06. The molecular formula is C18H21Br. The highest BCUT2D eigenvalue weighted by molar-refractivity contribution is 9.11. The van der Waals surface area contributed by atoms with Crippen molar-refractivity contribution >= 4 is 22.0 Å². The van der Waals surface area contributed by atoms with E-state index in [0.717, 1.165) is 4.48 Å². The standard InChI is InChI=1S/C18H21Br/c1-5-17(15(3)10-11-16(4)19)12-13-18-9-7-6-8-14(18)2/h5-13H,1-4H3/b13-12-,15-10+,16-11+,17-5+. The van der Waals surface area contributed by atoms with E-state index < -0.39 is 0 Å². The molecule has 0 amide bonds. The van der Waals surface area contributed by atoms with Gasteiger partial charge in [-0.15, -0.1) is 0 Å². The van der Waals surface area contributed by atoms with Crippen molar-refractivity contribution in [2.24, 2.45) is 0 Å². The fourth-order valence-corrected chi connectivity index (χ4v) is 1.88. The summed E-state index contributed by atoms with van der Waals surface area (Å²) in [7, 11) is 0. The first-order valence-electron chi connectivity index (χ1n) is 6.45. The van der Waals surface area contributed by atoms with Crippen LogP contribution in [0.4, 0.5) is 0 Å². The number of halogens is 1. The highest BCUT2D eigenvalue weighted by Crippen LogP contribution is 2.16. The van der Waals surface area contributed by atoms with Gasteiger partial charge in [0.2, 0.25) is 0 Å². The van der Waals surface area contributed by atoms with Crippen molar-refractivity contribution in [3.63, 3.8) is 0 Å². The number of aryl methyl sites for hydroxylation is 1. The third kappa shape index (κ3) is 5.44. The molecule has 0 saturated heterocycles. The summed E-state index contributed by atoms with van der Waals surface area (Å²) in [6.07, 6.45) is 10.7. The summed E-state index contributed by atoms with van der Waals surface area (Å²) in [6, 6.07) is 8.41. The van der Waals surface area contributed by atoms with Crippen LogP contribution in [-0.2, 0) is 0 Å². The van der Waals surface area contributed by atoms with E-state index in [-0.39, 0.29) is 0 Å². The quantitative estimate of drug-likeness (QED) is 0.580. The highest BCUT2D eigenvalue weighted by Gasteiger charge is 1.95. The summed E-state index contributed by atoms with van der Waals surface area (Å²) in [5, 5.41) is 0. The van der Waals surface area contributed by atoms with Crippen molar-refractivity contribution in [1.82, 2.24) is 0 Å². The minimum Gasteiger partial charge on any atom is -0.0801 e. The molecule has 1 rings (SSSR count). The lowest BCUT2D eigenvalue weighted by Crippen LogP contribution is -1.82. The number of benzene rings is 1. The molecule has 100 valence electrons. The Morgan fingerprint density at radius 2 is 1.79 bits per heavy atom. The molecule has 0 bridgehead atoms. The maximum absolute atomic E-state index is 3.44. The smallest absolute Gasteiger partial charge is 0.00803 e. The van der Waals surface area contributed by atoms with Gasteiger partial charge in [-0.2, -0.15) is 0 Å². The maximum Gasteiger partial charge on any atom is -0.00803 e. The number of hydrogen-bond donors (Lipinski definition) is 0. The van der Waals surface area contributed by atoms with Gasteiger partial charge >= 0.3 is 0 Å². The van der Waals surface area contributed by atoms with Crippen molar-refractivity contribution < 1.29 is 0 Å². The molecule has 0 aliphatic rings. The number of allylic oxidation sites excluding steroid dienone is 7. The van der Waals surface area contributed by atoms with Crippen LogP contribution in [0.1, 0.15) is 31.9 Å². The number of hydrogen-bond acceptors (Lipinski definition) is 0. The highest BCUT2D eigenvalue weighted by atomic mass is 79.9. The summed E-state index contributed by atoms with van der Waals surface area (Å²) >= 11 is 3.44. The molecule has 0 aromatic heterocycles. The zero-order chi connectivity index (χ0) is 14.3. The Hall–Kier alpha value is -1.34. The predicted octanol–water partition coefficient (Wildman–Crippen LogP) is 6.20. The van der Waals surface area contributed by atoms with Crippen molar-refractivity contribution in [3.8, 4) is 0 Å². The molecule has 0 atom stereocenters. The average Bonchev–Trinajstić information content (AvgIpc) is 2.39. The van der Waals surface area contributed by atoms with Gasteiger partial charge < -0.3 is 0 Å². The van der Waals surface area contributed by atoms with E-state index in [4.69, 9.17) is 0 Å². The van der Waals surface area contributed by atoms with Crippen LogP contribution in [0.2, 0.25) is 0 Å². The Labute approximate surface area is 125 Å². The van der Waals surface area contributed by atoms with E-state index in [1.54, 1.807) is 0 Å². The minimum atomic E-state index is 1.13. The minimum absolute atomic E-state index is 1.13. The summed E-state index contributed by atoms with van der Waals surface area (Å²) in [5.74, 6) is 0. The van der Waals surface area contributed by atoms with Gasteiger partial charge in [-0.05, 0) is 54.5 Å².